The van der Waals surface area contributed by atoms with Crippen LogP contribution in [-0.2, 0) is 23.9 Å². The molecule has 1 aromatic heterocycles. The molecule has 1 fully saturated rings. The summed E-state index contributed by atoms with van der Waals surface area (Å²) in [4.78, 5) is 49.0. The highest BCUT2D eigenvalue weighted by Crippen LogP contribution is 2.47. The number of nitrogens with zero attached hydrogens (tertiary/aromatic N) is 3. The molecular weight excluding hydrogens is 456 g/mol. The van der Waals surface area contributed by atoms with E-state index in [9.17, 15) is 24.3 Å². The SMILES string of the molecule is CO[C@@]1(NC(=O)CCCC(=O)O)C(=O)N2CC(CSc3nncs3)=C(C(=O)O)S[C@H]21. The molecule has 2 aliphatic heterocycles. The fourth-order valence-corrected chi connectivity index (χ4v) is 6.00. The van der Waals surface area contributed by atoms with Crippen molar-refractivity contribution in [2.24, 2.45) is 0 Å². The van der Waals surface area contributed by atoms with E-state index in [1.165, 1.54) is 35.1 Å². The third-order valence-corrected chi connectivity index (χ3v) is 7.92. The molecule has 0 radical (unpaired) electrons. The lowest BCUT2D eigenvalue weighted by molar-refractivity contribution is -0.194. The van der Waals surface area contributed by atoms with Gasteiger partial charge in [0.1, 0.15) is 10.9 Å². The van der Waals surface area contributed by atoms with Crippen molar-refractivity contribution in [1.29, 1.82) is 0 Å². The molecule has 11 nitrogen and oxygen atoms in total. The van der Waals surface area contributed by atoms with Gasteiger partial charge in [0.15, 0.2) is 4.34 Å². The lowest BCUT2D eigenvalue weighted by atomic mass is 9.99. The van der Waals surface area contributed by atoms with E-state index in [0.29, 0.717) is 15.7 Å². The molecule has 2 atom stereocenters. The van der Waals surface area contributed by atoms with Crippen molar-refractivity contribution < 1.29 is 34.1 Å². The third-order valence-electron chi connectivity index (χ3n) is 4.47. The topological polar surface area (TPSA) is 159 Å². The van der Waals surface area contributed by atoms with Gasteiger partial charge in [-0.1, -0.05) is 34.9 Å². The van der Waals surface area contributed by atoms with E-state index < -0.39 is 34.9 Å². The fourth-order valence-electron chi connectivity index (χ4n) is 3.06. The highest BCUT2D eigenvalue weighted by Gasteiger charge is 2.65. The number of aliphatic carboxylic acids is 2. The van der Waals surface area contributed by atoms with Crippen molar-refractivity contribution in [3.63, 3.8) is 0 Å². The molecule has 0 bridgehead atoms. The predicted molar refractivity (Wildman–Crippen MR) is 108 cm³/mol. The molecule has 1 saturated heterocycles. The summed E-state index contributed by atoms with van der Waals surface area (Å²) in [6, 6.07) is 0. The molecule has 0 aromatic carbocycles. The molecule has 3 rings (SSSR count). The predicted octanol–water partition coefficient (Wildman–Crippen LogP) is 0.598. The Balaban J connectivity index is 1.72. The number of amides is 2. The van der Waals surface area contributed by atoms with Crippen molar-refractivity contribution in [2.75, 3.05) is 19.4 Å². The summed E-state index contributed by atoms with van der Waals surface area (Å²) in [6.45, 7) is 0.101. The maximum atomic E-state index is 12.8. The van der Waals surface area contributed by atoms with E-state index in [1.807, 2.05) is 0 Å². The minimum absolute atomic E-state index is 0.0898. The number of fused-ring (bicyclic) bond motifs is 1. The van der Waals surface area contributed by atoms with E-state index >= 15 is 0 Å². The quantitative estimate of drug-likeness (QED) is 0.247. The lowest BCUT2D eigenvalue weighted by Crippen LogP contribution is -2.80. The zero-order chi connectivity index (χ0) is 21.9. The summed E-state index contributed by atoms with van der Waals surface area (Å²) in [5.41, 5.74) is 0.463. The van der Waals surface area contributed by atoms with E-state index in [-0.39, 0.29) is 30.7 Å². The second kappa shape index (κ2) is 9.32. The van der Waals surface area contributed by atoms with Gasteiger partial charge in [0.05, 0.1) is 4.91 Å². The van der Waals surface area contributed by atoms with Crippen LogP contribution < -0.4 is 5.32 Å². The first-order chi connectivity index (χ1) is 14.3. The van der Waals surface area contributed by atoms with Crippen LogP contribution in [0.25, 0.3) is 0 Å². The number of carbonyl (C=O) groups is 4. The smallest absolute Gasteiger partial charge is 0.342 e. The molecular formula is C16H18N4O7S3. The summed E-state index contributed by atoms with van der Waals surface area (Å²) in [6.07, 6.45) is -0.148. The molecule has 2 amide bonds. The first-order valence-corrected chi connectivity index (χ1v) is 11.4. The summed E-state index contributed by atoms with van der Waals surface area (Å²) < 4.78 is 6.03. The number of carboxylic acid groups (broad SMARTS) is 2. The standard InChI is InChI=1S/C16H18N4O7S3/c1-27-16(18-9(21)3-2-4-10(22)23)13(26)20-5-8(6-28-15-19-17-7-29-15)11(12(24)25)30-14(16)20/h7,14H,2-6H2,1H3,(H,18,21)(H,22,23)(H,24,25)/t14-,16-/m0/s1. The Bertz CT molecular complexity index is 891. The van der Waals surface area contributed by atoms with Crippen LogP contribution in [0, 0.1) is 0 Å². The number of thioether (sulfide) groups is 2. The van der Waals surface area contributed by atoms with Gasteiger partial charge in [-0.05, 0) is 12.0 Å². The van der Waals surface area contributed by atoms with Gasteiger partial charge >= 0.3 is 11.9 Å². The molecule has 1 aromatic rings. The van der Waals surface area contributed by atoms with Crippen LogP contribution in [0.3, 0.4) is 0 Å². The van der Waals surface area contributed by atoms with Crippen LogP contribution in [0.2, 0.25) is 0 Å². The Hall–Kier alpha value is -2.16. The fraction of sp³-hybridized carbons (Fsp3) is 0.500. The Labute approximate surface area is 183 Å². The number of nitrogens with one attached hydrogen (secondary N) is 1. The Morgan fingerprint density at radius 3 is 2.77 bits per heavy atom. The van der Waals surface area contributed by atoms with Crippen LogP contribution in [0.1, 0.15) is 19.3 Å². The molecule has 3 N–H and O–H groups in total. The minimum Gasteiger partial charge on any atom is -0.481 e. The Kier molecular flexibility index (Phi) is 7.00. The summed E-state index contributed by atoms with van der Waals surface area (Å²) in [5, 5.41) is 27.8. The molecule has 0 aliphatic carbocycles. The van der Waals surface area contributed by atoms with Gasteiger partial charge in [0.2, 0.25) is 5.91 Å². The monoisotopic (exact) mass is 474 g/mol. The third kappa shape index (κ3) is 4.45. The van der Waals surface area contributed by atoms with Crippen molar-refractivity contribution in [2.45, 2.75) is 34.7 Å². The number of hydrogen-bond donors (Lipinski definition) is 3. The van der Waals surface area contributed by atoms with Gasteiger partial charge in [-0.25, -0.2) is 4.79 Å². The normalized spacial score (nSPS) is 23.0. The van der Waals surface area contributed by atoms with Gasteiger partial charge in [-0.2, -0.15) is 0 Å². The maximum absolute atomic E-state index is 12.8. The molecule has 14 heteroatoms. The number of carboxylic acids is 2. The van der Waals surface area contributed by atoms with Gasteiger partial charge in [-0.15, -0.1) is 10.2 Å². The Morgan fingerprint density at radius 2 is 2.17 bits per heavy atom. The highest BCUT2D eigenvalue weighted by molar-refractivity contribution is 8.05. The van der Waals surface area contributed by atoms with E-state index in [0.717, 1.165) is 11.8 Å². The second-order valence-electron chi connectivity index (χ2n) is 6.37. The number of hydrogen-bond acceptors (Lipinski definition) is 10. The van der Waals surface area contributed by atoms with Crippen molar-refractivity contribution >= 4 is 58.6 Å². The molecule has 0 spiro atoms. The van der Waals surface area contributed by atoms with E-state index in [4.69, 9.17) is 9.84 Å². The van der Waals surface area contributed by atoms with Crippen LogP contribution in [0.4, 0.5) is 0 Å². The molecule has 2 aliphatic rings. The summed E-state index contributed by atoms with van der Waals surface area (Å²) in [5.74, 6) is -2.82. The zero-order valence-electron chi connectivity index (χ0n) is 15.7. The number of ether oxygens (including phenoxy) is 1. The van der Waals surface area contributed by atoms with Gasteiger partial charge < -0.3 is 25.2 Å². The van der Waals surface area contributed by atoms with Crippen molar-refractivity contribution in [3.05, 3.63) is 16.0 Å². The van der Waals surface area contributed by atoms with Crippen molar-refractivity contribution in [1.82, 2.24) is 20.4 Å². The average Bonchev–Trinajstić information content (AvgIpc) is 3.22. The first kappa shape index (κ1) is 22.5. The summed E-state index contributed by atoms with van der Waals surface area (Å²) >= 11 is 3.62. The summed E-state index contributed by atoms with van der Waals surface area (Å²) in [7, 11) is 1.26. The zero-order valence-corrected chi connectivity index (χ0v) is 18.1. The molecule has 30 heavy (non-hydrogen) atoms. The minimum atomic E-state index is -1.68. The first-order valence-electron chi connectivity index (χ1n) is 8.68. The van der Waals surface area contributed by atoms with Crippen LogP contribution in [0.15, 0.2) is 20.3 Å². The Morgan fingerprint density at radius 1 is 1.40 bits per heavy atom. The number of carbonyl (C=O) groups excluding carboxylic acids is 2. The number of aromatic nitrogens is 2. The number of methoxy groups -OCH3 is 1. The van der Waals surface area contributed by atoms with Crippen molar-refractivity contribution in [3.8, 4) is 0 Å². The van der Waals surface area contributed by atoms with Crippen LogP contribution in [0.5, 0.6) is 0 Å². The number of rotatable bonds is 10. The van der Waals surface area contributed by atoms with Gasteiger partial charge in [0, 0.05) is 32.2 Å². The van der Waals surface area contributed by atoms with Crippen LogP contribution >= 0.6 is 34.9 Å². The van der Waals surface area contributed by atoms with E-state index in [1.54, 1.807) is 5.51 Å². The van der Waals surface area contributed by atoms with Gasteiger partial charge in [-0.3, -0.25) is 14.4 Å². The molecule has 0 saturated carbocycles. The second-order valence-corrected chi connectivity index (χ2v) is 9.52. The molecule has 0 unspecified atom stereocenters. The largest absolute Gasteiger partial charge is 0.481 e. The van der Waals surface area contributed by atoms with Crippen LogP contribution in [-0.4, -0.2) is 79.6 Å². The highest BCUT2D eigenvalue weighted by atomic mass is 32.2. The molecule has 162 valence electrons. The number of β-lactam (4-membered cyclic amide) rings is 1. The molecule has 3 heterocycles. The van der Waals surface area contributed by atoms with E-state index in [2.05, 4.69) is 15.5 Å². The maximum Gasteiger partial charge on any atom is 0.342 e. The van der Waals surface area contributed by atoms with Gasteiger partial charge in [0.25, 0.3) is 11.6 Å². The average molecular weight is 475 g/mol. The lowest BCUT2D eigenvalue weighted by Gasteiger charge is -2.56.